The van der Waals surface area contributed by atoms with Gasteiger partial charge in [-0.3, -0.25) is 0 Å². The lowest BCUT2D eigenvalue weighted by molar-refractivity contribution is 0.0419. The molecule has 0 amide bonds. The van der Waals surface area contributed by atoms with Gasteiger partial charge < -0.3 is 15.1 Å². The molecule has 1 rings (SSSR count). The number of hydrogen-bond acceptors (Lipinski definition) is 3. The van der Waals surface area contributed by atoms with Gasteiger partial charge in [-0.1, -0.05) is 6.92 Å². The van der Waals surface area contributed by atoms with Gasteiger partial charge in [0.25, 0.3) is 0 Å². The molecule has 1 aliphatic heterocycles. The van der Waals surface area contributed by atoms with Crippen molar-refractivity contribution in [1.82, 2.24) is 4.90 Å². The molecule has 72 valence electrons. The summed E-state index contributed by atoms with van der Waals surface area (Å²) < 4.78 is 0. The van der Waals surface area contributed by atoms with Crippen LogP contribution in [0, 0.1) is 5.92 Å². The van der Waals surface area contributed by atoms with Crippen molar-refractivity contribution in [2.45, 2.75) is 25.9 Å². The fraction of sp³-hybridized carbons (Fsp3) is 1.00. The molecule has 2 atom stereocenters. The summed E-state index contributed by atoms with van der Waals surface area (Å²) in [6.07, 6.45) is 1.59. The van der Waals surface area contributed by atoms with Gasteiger partial charge in [-0.25, -0.2) is 0 Å². The minimum atomic E-state index is -0.160. The fourth-order valence-electron chi connectivity index (χ4n) is 1.90. The van der Waals surface area contributed by atoms with Gasteiger partial charge in [0.05, 0.1) is 6.10 Å². The summed E-state index contributed by atoms with van der Waals surface area (Å²) >= 11 is 0. The van der Waals surface area contributed by atoms with Gasteiger partial charge in [-0.2, -0.15) is 0 Å². The molecule has 1 aliphatic rings. The third-order valence-corrected chi connectivity index (χ3v) is 2.35. The molecule has 3 nitrogen and oxygen atoms in total. The van der Waals surface area contributed by atoms with E-state index in [0.717, 1.165) is 32.5 Å². The predicted octanol–water partition coefficient (Wildman–Crippen LogP) is 0.0715. The minimum Gasteiger partial charge on any atom is -0.396 e. The van der Waals surface area contributed by atoms with Gasteiger partial charge in [0.2, 0.25) is 0 Å². The first-order valence-corrected chi connectivity index (χ1v) is 4.73. The zero-order valence-electron chi connectivity index (χ0n) is 7.74. The molecule has 0 bridgehead atoms. The highest BCUT2D eigenvalue weighted by Gasteiger charge is 2.22. The molecule has 1 fully saturated rings. The number of nitrogens with zero attached hydrogens (tertiary/aromatic N) is 1. The van der Waals surface area contributed by atoms with Gasteiger partial charge in [0.15, 0.2) is 0 Å². The summed E-state index contributed by atoms with van der Waals surface area (Å²) in [7, 11) is 0. The van der Waals surface area contributed by atoms with Crippen molar-refractivity contribution in [1.29, 1.82) is 0 Å². The molecule has 0 aromatic heterocycles. The Hall–Kier alpha value is -0.120. The molecular weight excluding hydrogens is 154 g/mol. The van der Waals surface area contributed by atoms with Crippen molar-refractivity contribution < 1.29 is 10.2 Å². The summed E-state index contributed by atoms with van der Waals surface area (Å²) in [5.74, 6) is 0.590. The molecule has 0 radical (unpaired) electrons. The van der Waals surface area contributed by atoms with Crippen molar-refractivity contribution in [2.75, 3.05) is 26.2 Å². The highest BCUT2D eigenvalue weighted by Crippen LogP contribution is 2.15. The first-order valence-electron chi connectivity index (χ1n) is 4.73. The third-order valence-electron chi connectivity index (χ3n) is 2.35. The molecule has 3 heteroatoms. The summed E-state index contributed by atoms with van der Waals surface area (Å²) in [5.41, 5.74) is 0. The molecule has 2 N–H and O–H groups in total. The van der Waals surface area contributed by atoms with Crippen molar-refractivity contribution in [2.24, 2.45) is 5.92 Å². The Balaban J connectivity index is 2.24. The summed E-state index contributed by atoms with van der Waals surface area (Å²) in [6.45, 7) is 5.18. The van der Waals surface area contributed by atoms with Crippen LogP contribution in [0.4, 0.5) is 0 Å². The van der Waals surface area contributed by atoms with Crippen LogP contribution >= 0.6 is 0 Å². The molecule has 0 spiro atoms. The van der Waals surface area contributed by atoms with Crippen LogP contribution in [-0.4, -0.2) is 47.5 Å². The van der Waals surface area contributed by atoms with Gasteiger partial charge in [-0.15, -0.1) is 0 Å². The second kappa shape index (κ2) is 4.80. The lowest BCUT2D eigenvalue weighted by Crippen LogP contribution is -2.42. The molecule has 0 aromatic rings. The molecule has 0 aliphatic carbocycles. The largest absolute Gasteiger partial charge is 0.396 e. The number of piperidine rings is 1. The smallest absolute Gasteiger partial charge is 0.0670 e. The zero-order valence-corrected chi connectivity index (χ0v) is 7.74. The average Bonchev–Trinajstić information content (AvgIpc) is 1.99. The summed E-state index contributed by atoms with van der Waals surface area (Å²) in [6, 6.07) is 0. The maximum atomic E-state index is 9.45. The summed E-state index contributed by atoms with van der Waals surface area (Å²) in [4.78, 5) is 2.23. The highest BCUT2D eigenvalue weighted by atomic mass is 16.3. The van der Waals surface area contributed by atoms with E-state index in [4.69, 9.17) is 5.11 Å². The monoisotopic (exact) mass is 173 g/mol. The lowest BCUT2D eigenvalue weighted by Gasteiger charge is -2.33. The van der Waals surface area contributed by atoms with Gasteiger partial charge >= 0.3 is 0 Å². The maximum absolute atomic E-state index is 9.45. The van der Waals surface area contributed by atoms with E-state index in [2.05, 4.69) is 11.8 Å². The highest BCUT2D eigenvalue weighted by molar-refractivity contribution is 4.75. The van der Waals surface area contributed by atoms with Crippen molar-refractivity contribution in [3.05, 3.63) is 0 Å². The third kappa shape index (κ3) is 3.09. The first kappa shape index (κ1) is 9.96. The topological polar surface area (TPSA) is 43.7 Å². The lowest BCUT2D eigenvalue weighted by atomic mass is 9.98. The number of hydrogen-bond donors (Lipinski definition) is 2. The van der Waals surface area contributed by atoms with Crippen molar-refractivity contribution in [3.8, 4) is 0 Å². The average molecular weight is 173 g/mol. The fourth-order valence-corrected chi connectivity index (χ4v) is 1.90. The Kier molecular flexibility index (Phi) is 3.98. The van der Waals surface area contributed by atoms with Crippen molar-refractivity contribution in [3.63, 3.8) is 0 Å². The standard InChI is InChI=1S/C9H19NO2/c1-8-5-9(12)7-10(6-8)3-2-4-11/h8-9,11-12H,2-7H2,1H3/t8-,9+/m1/s1. The van der Waals surface area contributed by atoms with Crippen LogP contribution in [-0.2, 0) is 0 Å². The Morgan fingerprint density at radius 3 is 2.75 bits per heavy atom. The molecule has 1 heterocycles. The minimum absolute atomic E-state index is 0.160. The van der Waals surface area contributed by atoms with Crippen LogP contribution in [0.2, 0.25) is 0 Å². The number of aliphatic hydroxyl groups excluding tert-OH is 2. The first-order chi connectivity index (χ1) is 5.72. The molecule has 1 saturated heterocycles. The van der Waals surface area contributed by atoms with Crippen LogP contribution in [0.3, 0.4) is 0 Å². The molecular formula is C9H19NO2. The number of aliphatic hydroxyl groups is 2. The summed E-state index contributed by atoms with van der Waals surface area (Å²) in [5, 5.41) is 18.1. The molecule has 0 aromatic carbocycles. The van der Waals surface area contributed by atoms with Crippen molar-refractivity contribution >= 4 is 0 Å². The molecule has 12 heavy (non-hydrogen) atoms. The Labute approximate surface area is 74.0 Å². The van der Waals surface area contributed by atoms with Crippen LogP contribution in [0.25, 0.3) is 0 Å². The van der Waals surface area contributed by atoms with Gasteiger partial charge in [-0.05, 0) is 18.8 Å². The van der Waals surface area contributed by atoms with E-state index in [-0.39, 0.29) is 12.7 Å². The Morgan fingerprint density at radius 2 is 2.17 bits per heavy atom. The SMILES string of the molecule is C[C@@H]1C[C@H](O)CN(CCCO)C1. The van der Waals surface area contributed by atoms with Crippen LogP contribution < -0.4 is 0 Å². The van der Waals surface area contributed by atoms with Crippen LogP contribution in [0.1, 0.15) is 19.8 Å². The van der Waals surface area contributed by atoms with E-state index in [1.165, 1.54) is 0 Å². The second-order valence-corrected chi connectivity index (χ2v) is 3.83. The van der Waals surface area contributed by atoms with E-state index < -0.39 is 0 Å². The van der Waals surface area contributed by atoms with Gasteiger partial charge in [0.1, 0.15) is 0 Å². The number of rotatable bonds is 3. The Morgan fingerprint density at radius 1 is 1.42 bits per heavy atom. The van der Waals surface area contributed by atoms with Crippen LogP contribution in [0.5, 0.6) is 0 Å². The predicted molar refractivity (Wildman–Crippen MR) is 47.9 cm³/mol. The molecule has 0 unspecified atom stereocenters. The van der Waals surface area contributed by atoms with Gasteiger partial charge in [0, 0.05) is 26.2 Å². The van der Waals surface area contributed by atoms with E-state index in [0.29, 0.717) is 5.92 Å². The van der Waals surface area contributed by atoms with E-state index in [1.807, 2.05) is 0 Å². The number of likely N-dealkylation sites (tertiary alicyclic amines) is 1. The van der Waals surface area contributed by atoms with E-state index in [9.17, 15) is 5.11 Å². The zero-order chi connectivity index (χ0) is 8.97. The second-order valence-electron chi connectivity index (χ2n) is 3.83. The Bertz CT molecular complexity index is 120. The quantitative estimate of drug-likeness (QED) is 0.635. The normalized spacial score (nSPS) is 32.2. The molecule has 0 saturated carbocycles. The number of β-amino-alcohol motifs (C(OH)–C–C–N with tert-alkyl or cyclic N) is 1. The van der Waals surface area contributed by atoms with E-state index in [1.54, 1.807) is 0 Å². The van der Waals surface area contributed by atoms with Crippen LogP contribution in [0.15, 0.2) is 0 Å². The maximum Gasteiger partial charge on any atom is 0.0670 e. The van der Waals surface area contributed by atoms with E-state index >= 15 is 0 Å².